The molecule has 5 heteroatoms. The number of aliphatic hydroxyl groups excluding tert-OH is 1. The number of aliphatic hydroxyl groups is 1. The van der Waals surface area contributed by atoms with Crippen LogP contribution in [0, 0.1) is 0 Å². The molecule has 0 amide bonds. The molecule has 1 aromatic rings. The van der Waals surface area contributed by atoms with Crippen LogP contribution in [0.4, 0.5) is 4.79 Å². The van der Waals surface area contributed by atoms with Crippen LogP contribution in [0.5, 0.6) is 5.75 Å². The lowest BCUT2D eigenvalue weighted by Gasteiger charge is -2.02. The lowest BCUT2D eigenvalue weighted by atomic mass is 10.3. The summed E-state index contributed by atoms with van der Waals surface area (Å²) in [6, 6.07) is 2.95. The molecule has 0 aliphatic carbocycles. The molecule has 0 bridgehead atoms. The largest absolute Gasteiger partial charge is 0.513 e. The van der Waals surface area contributed by atoms with Crippen molar-refractivity contribution in [1.82, 2.24) is 4.98 Å². The van der Waals surface area contributed by atoms with E-state index in [1.54, 1.807) is 0 Å². The number of carbonyl (C=O) groups is 1. The number of pyridine rings is 1. The maximum atomic E-state index is 10.7. The zero-order valence-electron chi connectivity index (χ0n) is 7.06. The number of aromatic nitrogens is 1. The number of hydrogen-bond acceptors (Lipinski definition) is 5. The Balaban J connectivity index is 2.71. The second kappa shape index (κ2) is 4.42. The van der Waals surface area contributed by atoms with Gasteiger partial charge in [-0.05, 0) is 6.07 Å². The summed E-state index contributed by atoms with van der Waals surface area (Å²) < 4.78 is 8.98. The first-order chi connectivity index (χ1) is 6.26. The van der Waals surface area contributed by atoms with Crippen LogP contribution in [-0.2, 0) is 11.3 Å². The van der Waals surface area contributed by atoms with Crippen LogP contribution >= 0.6 is 0 Å². The summed E-state index contributed by atoms with van der Waals surface area (Å²) in [5, 5.41) is 8.72. The molecular weight excluding hydrogens is 174 g/mol. The number of rotatable bonds is 2. The Morgan fingerprint density at radius 2 is 2.46 bits per heavy atom. The molecule has 1 rings (SSSR count). The van der Waals surface area contributed by atoms with Gasteiger partial charge in [0.05, 0.1) is 19.4 Å². The standard InChI is InChI=1S/C8H9NO4/c1-12-8(11)13-7-2-3-9-6(4-7)5-10/h2-4,10H,5H2,1H3. The molecule has 1 heterocycles. The molecule has 0 saturated heterocycles. The van der Waals surface area contributed by atoms with Gasteiger partial charge in [0, 0.05) is 12.3 Å². The van der Waals surface area contributed by atoms with Crippen LogP contribution in [0.2, 0.25) is 0 Å². The number of ether oxygens (including phenoxy) is 2. The monoisotopic (exact) mass is 183 g/mol. The van der Waals surface area contributed by atoms with Crippen molar-refractivity contribution in [1.29, 1.82) is 0 Å². The normalized spacial score (nSPS) is 9.38. The third kappa shape index (κ3) is 2.72. The van der Waals surface area contributed by atoms with E-state index in [0.29, 0.717) is 11.4 Å². The predicted molar refractivity (Wildman–Crippen MR) is 43.2 cm³/mol. The lowest BCUT2D eigenvalue weighted by Crippen LogP contribution is -2.07. The summed E-state index contributed by atoms with van der Waals surface area (Å²) in [5.41, 5.74) is 0.432. The highest BCUT2D eigenvalue weighted by Crippen LogP contribution is 2.11. The highest BCUT2D eigenvalue weighted by Gasteiger charge is 2.03. The maximum Gasteiger partial charge on any atom is 0.513 e. The molecule has 0 fully saturated rings. The van der Waals surface area contributed by atoms with E-state index >= 15 is 0 Å². The molecule has 0 radical (unpaired) electrons. The molecule has 0 unspecified atom stereocenters. The van der Waals surface area contributed by atoms with Crippen LogP contribution in [0.15, 0.2) is 18.3 Å². The Morgan fingerprint density at radius 3 is 3.08 bits per heavy atom. The van der Waals surface area contributed by atoms with E-state index in [0.717, 1.165) is 0 Å². The molecule has 0 aromatic carbocycles. The average Bonchev–Trinajstić information content (AvgIpc) is 2.18. The Kier molecular flexibility index (Phi) is 3.22. The molecule has 0 saturated carbocycles. The van der Waals surface area contributed by atoms with E-state index in [-0.39, 0.29) is 6.61 Å². The fourth-order valence-electron chi connectivity index (χ4n) is 0.744. The van der Waals surface area contributed by atoms with Gasteiger partial charge < -0.3 is 14.6 Å². The van der Waals surface area contributed by atoms with E-state index in [1.165, 1.54) is 25.4 Å². The summed E-state index contributed by atoms with van der Waals surface area (Å²) in [5.74, 6) is 0.297. The predicted octanol–water partition coefficient (Wildman–Crippen LogP) is 0.719. The van der Waals surface area contributed by atoms with E-state index < -0.39 is 6.16 Å². The molecule has 13 heavy (non-hydrogen) atoms. The SMILES string of the molecule is COC(=O)Oc1ccnc(CO)c1. The second-order valence-electron chi connectivity index (χ2n) is 2.20. The van der Waals surface area contributed by atoms with Gasteiger partial charge >= 0.3 is 6.16 Å². The van der Waals surface area contributed by atoms with Crippen LogP contribution in [0.1, 0.15) is 5.69 Å². The average molecular weight is 183 g/mol. The highest BCUT2D eigenvalue weighted by atomic mass is 16.7. The fraction of sp³-hybridized carbons (Fsp3) is 0.250. The lowest BCUT2D eigenvalue weighted by molar-refractivity contribution is 0.121. The Labute approximate surface area is 74.9 Å². The highest BCUT2D eigenvalue weighted by molar-refractivity contribution is 5.63. The summed E-state index contributed by atoms with van der Waals surface area (Å²) in [7, 11) is 1.22. The van der Waals surface area contributed by atoms with Gasteiger partial charge in [-0.1, -0.05) is 0 Å². The minimum Gasteiger partial charge on any atom is -0.437 e. The fourth-order valence-corrected chi connectivity index (χ4v) is 0.744. The first kappa shape index (κ1) is 9.47. The molecule has 0 aliphatic heterocycles. The smallest absolute Gasteiger partial charge is 0.437 e. The molecule has 0 spiro atoms. The van der Waals surface area contributed by atoms with Crippen LogP contribution < -0.4 is 4.74 Å². The maximum absolute atomic E-state index is 10.7. The van der Waals surface area contributed by atoms with Crippen LogP contribution in [0.3, 0.4) is 0 Å². The molecule has 0 atom stereocenters. The van der Waals surface area contributed by atoms with Gasteiger partial charge in [0.2, 0.25) is 0 Å². The van der Waals surface area contributed by atoms with Crippen LogP contribution in [-0.4, -0.2) is 23.4 Å². The van der Waals surface area contributed by atoms with Crippen molar-refractivity contribution in [3.63, 3.8) is 0 Å². The summed E-state index contributed by atoms with van der Waals surface area (Å²) >= 11 is 0. The van der Waals surface area contributed by atoms with Crippen molar-refractivity contribution in [2.24, 2.45) is 0 Å². The molecule has 70 valence electrons. The quantitative estimate of drug-likeness (QED) is 0.684. The van der Waals surface area contributed by atoms with Gasteiger partial charge in [-0.2, -0.15) is 0 Å². The van der Waals surface area contributed by atoms with E-state index in [1.807, 2.05) is 0 Å². The zero-order valence-corrected chi connectivity index (χ0v) is 7.06. The number of nitrogens with zero attached hydrogens (tertiary/aromatic N) is 1. The molecule has 5 nitrogen and oxygen atoms in total. The summed E-state index contributed by atoms with van der Waals surface area (Å²) in [6.45, 7) is -0.196. The van der Waals surface area contributed by atoms with E-state index in [4.69, 9.17) is 9.84 Å². The van der Waals surface area contributed by atoms with Crippen LogP contribution in [0.25, 0.3) is 0 Å². The van der Waals surface area contributed by atoms with Gasteiger partial charge in [0.15, 0.2) is 0 Å². The summed E-state index contributed by atoms with van der Waals surface area (Å²) in [6.07, 6.45) is 0.638. The second-order valence-corrected chi connectivity index (χ2v) is 2.20. The van der Waals surface area contributed by atoms with E-state index in [9.17, 15) is 4.79 Å². The minimum absolute atomic E-state index is 0.196. The van der Waals surface area contributed by atoms with Gasteiger partial charge in [0.25, 0.3) is 0 Å². The number of hydrogen-bond donors (Lipinski definition) is 1. The minimum atomic E-state index is -0.796. The first-order valence-corrected chi connectivity index (χ1v) is 3.58. The van der Waals surface area contributed by atoms with Crippen molar-refractivity contribution < 1.29 is 19.4 Å². The Morgan fingerprint density at radius 1 is 1.69 bits per heavy atom. The van der Waals surface area contributed by atoms with Gasteiger partial charge in [0.1, 0.15) is 5.75 Å². The van der Waals surface area contributed by atoms with Gasteiger partial charge in [-0.15, -0.1) is 0 Å². The number of carbonyl (C=O) groups excluding carboxylic acids is 1. The third-order valence-electron chi connectivity index (χ3n) is 1.32. The van der Waals surface area contributed by atoms with Crippen molar-refractivity contribution in [2.75, 3.05) is 7.11 Å². The molecule has 1 aromatic heterocycles. The Hall–Kier alpha value is -1.62. The number of methoxy groups -OCH3 is 1. The van der Waals surface area contributed by atoms with E-state index in [2.05, 4.69) is 9.72 Å². The molecular formula is C8H9NO4. The van der Waals surface area contributed by atoms with Crippen molar-refractivity contribution in [2.45, 2.75) is 6.61 Å². The van der Waals surface area contributed by atoms with Gasteiger partial charge in [-0.3, -0.25) is 4.98 Å². The van der Waals surface area contributed by atoms with Crippen molar-refractivity contribution >= 4 is 6.16 Å². The van der Waals surface area contributed by atoms with Crippen molar-refractivity contribution in [3.05, 3.63) is 24.0 Å². The molecule has 1 N–H and O–H groups in total. The van der Waals surface area contributed by atoms with Crippen molar-refractivity contribution in [3.8, 4) is 5.75 Å². The first-order valence-electron chi connectivity index (χ1n) is 3.58. The third-order valence-corrected chi connectivity index (χ3v) is 1.32. The summed E-state index contributed by atoms with van der Waals surface area (Å²) in [4.78, 5) is 14.5. The Bertz CT molecular complexity index is 300. The zero-order chi connectivity index (χ0) is 9.68. The molecule has 0 aliphatic rings. The topological polar surface area (TPSA) is 68.7 Å². The van der Waals surface area contributed by atoms with Gasteiger partial charge in [-0.25, -0.2) is 4.79 Å².